The molecule has 0 radical (unpaired) electrons. The maximum absolute atomic E-state index is 12.7. The van der Waals surface area contributed by atoms with E-state index >= 15 is 0 Å². The third-order valence-corrected chi connectivity index (χ3v) is 7.07. The van der Waals surface area contributed by atoms with Gasteiger partial charge in [0.05, 0.1) is 5.92 Å². The summed E-state index contributed by atoms with van der Waals surface area (Å²) in [4.78, 5) is 36.6. The number of ether oxygens (including phenoxy) is 1. The molecule has 2 aromatic carbocycles. The number of hydrogen-bond acceptors (Lipinski definition) is 4. The lowest BCUT2D eigenvalue weighted by atomic mass is 9.98. The van der Waals surface area contributed by atoms with Crippen LogP contribution in [0.3, 0.4) is 0 Å². The van der Waals surface area contributed by atoms with Gasteiger partial charge in [0.15, 0.2) is 0 Å². The van der Waals surface area contributed by atoms with Crippen molar-refractivity contribution in [3.8, 4) is 11.1 Å². The van der Waals surface area contributed by atoms with E-state index in [4.69, 9.17) is 4.74 Å². The van der Waals surface area contributed by atoms with Crippen LogP contribution in [0.4, 0.5) is 4.79 Å². The summed E-state index contributed by atoms with van der Waals surface area (Å²) in [5.74, 6) is -1.29. The molecule has 7 nitrogen and oxygen atoms in total. The minimum absolute atomic E-state index is 0.00275. The van der Waals surface area contributed by atoms with E-state index in [1.54, 1.807) is 0 Å². The fraction of sp³-hybridized carbons (Fsp3) is 0.464. The quantitative estimate of drug-likeness (QED) is 0.439. The molecule has 2 amide bonds. The minimum Gasteiger partial charge on any atom is -0.481 e. The average molecular weight is 479 g/mol. The molecule has 0 bridgehead atoms. The summed E-state index contributed by atoms with van der Waals surface area (Å²) in [6.07, 6.45) is 2.24. The maximum atomic E-state index is 12.7. The predicted molar refractivity (Wildman–Crippen MR) is 133 cm³/mol. The molecule has 4 rings (SSSR count). The Hall–Kier alpha value is -3.35. The largest absolute Gasteiger partial charge is 0.481 e. The number of rotatable bonds is 11. The van der Waals surface area contributed by atoms with E-state index in [1.807, 2.05) is 38.1 Å². The summed E-state index contributed by atoms with van der Waals surface area (Å²) in [6, 6.07) is 15.9. The Morgan fingerprint density at radius 2 is 1.60 bits per heavy atom. The van der Waals surface area contributed by atoms with Crippen LogP contribution in [0, 0.1) is 17.8 Å². The minimum atomic E-state index is -0.880. The fourth-order valence-corrected chi connectivity index (χ4v) is 4.78. The topological polar surface area (TPSA) is 105 Å². The number of carboxylic acids is 1. The Bertz CT molecular complexity index is 1030. The third-order valence-electron chi connectivity index (χ3n) is 7.07. The molecule has 0 saturated heterocycles. The second kappa shape index (κ2) is 10.9. The molecule has 7 heteroatoms. The van der Waals surface area contributed by atoms with Crippen molar-refractivity contribution in [1.29, 1.82) is 0 Å². The number of carbonyl (C=O) groups excluding carboxylic acids is 2. The van der Waals surface area contributed by atoms with Gasteiger partial charge >= 0.3 is 12.1 Å². The lowest BCUT2D eigenvalue weighted by Gasteiger charge is -2.23. The molecule has 2 aliphatic carbocycles. The van der Waals surface area contributed by atoms with Crippen molar-refractivity contribution < 1.29 is 24.2 Å². The third kappa shape index (κ3) is 6.21. The van der Waals surface area contributed by atoms with Crippen LogP contribution in [0.15, 0.2) is 48.5 Å². The zero-order chi connectivity index (χ0) is 24.9. The number of carbonyl (C=O) groups is 3. The summed E-state index contributed by atoms with van der Waals surface area (Å²) in [5, 5.41) is 15.0. The molecule has 1 fully saturated rings. The van der Waals surface area contributed by atoms with Crippen molar-refractivity contribution in [1.82, 2.24) is 10.6 Å². The van der Waals surface area contributed by atoms with Gasteiger partial charge in [0.25, 0.3) is 0 Å². The Kier molecular flexibility index (Phi) is 7.73. The zero-order valence-electron chi connectivity index (χ0n) is 20.3. The first-order valence-corrected chi connectivity index (χ1v) is 12.4. The SMILES string of the molecule is CC(C)[C@H](CC(=O)NCC(CC1CC1)C(=O)O)NC(=O)OCC1c2ccccc2-c2ccccc21. The number of fused-ring (bicyclic) bond motifs is 3. The van der Waals surface area contributed by atoms with E-state index in [2.05, 4.69) is 34.9 Å². The zero-order valence-corrected chi connectivity index (χ0v) is 20.3. The predicted octanol–water partition coefficient (Wildman–Crippen LogP) is 4.56. The summed E-state index contributed by atoms with van der Waals surface area (Å²) >= 11 is 0. The highest BCUT2D eigenvalue weighted by atomic mass is 16.5. The monoisotopic (exact) mass is 478 g/mol. The van der Waals surface area contributed by atoms with Gasteiger partial charge < -0.3 is 20.5 Å². The first-order valence-electron chi connectivity index (χ1n) is 12.4. The van der Waals surface area contributed by atoms with Crippen molar-refractivity contribution in [2.75, 3.05) is 13.2 Å². The van der Waals surface area contributed by atoms with Crippen molar-refractivity contribution in [3.05, 3.63) is 59.7 Å². The number of aliphatic carboxylic acids is 1. The lowest BCUT2D eigenvalue weighted by molar-refractivity contribution is -0.142. The molecule has 0 aromatic heterocycles. The van der Waals surface area contributed by atoms with Crippen LogP contribution in [0.5, 0.6) is 0 Å². The second-order valence-electron chi connectivity index (χ2n) is 10.0. The van der Waals surface area contributed by atoms with Gasteiger partial charge in [0.1, 0.15) is 6.61 Å². The van der Waals surface area contributed by atoms with Gasteiger partial charge in [-0.05, 0) is 40.5 Å². The van der Waals surface area contributed by atoms with Gasteiger partial charge in [-0.2, -0.15) is 0 Å². The molecular formula is C28H34N2O5. The summed E-state index contributed by atoms with van der Waals surface area (Å²) in [6.45, 7) is 4.17. The summed E-state index contributed by atoms with van der Waals surface area (Å²) in [7, 11) is 0. The van der Waals surface area contributed by atoms with Gasteiger partial charge in [-0.3, -0.25) is 9.59 Å². The normalized spacial score (nSPS) is 16.2. The van der Waals surface area contributed by atoms with Crippen LogP contribution in [0.25, 0.3) is 11.1 Å². The van der Waals surface area contributed by atoms with Crippen LogP contribution in [-0.2, 0) is 14.3 Å². The van der Waals surface area contributed by atoms with E-state index in [0.29, 0.717) is 12.3 Å². The highest BCUT2D eigenvalue weighted by molar-refractivity contribution is 5.80. The van der Waals surface area contributed by atoms with E-state index in [0.717, 1.165) is 35.1 Å². The summed E-state index contributed by atoms with van der Waals surface area (Å²) < 4.78 is 5.62. The molecule has 0 heterocycles. The molecule has 1 unspecified atom stereocenters. The van der Waals surface area contributed by atoms with E-state index in [1.165, 1.54) is 0 Å². The van der Waals surface area contributed by atoms with Gasteiger partial charge in [0.2, 0.25) is 5.91 Å². The molecule has 1 saturated carbocycles. The average Bonchev–Trinajstić information content (AvgIpc) is 3.60. The van der Waals surface area contributed by atoms with Gasteiger partial charge in [-0.1, -0.05) is 75.2 Å². The van der Waals surface area contributed by atoms with Crippen molar-refractivity contribution in [2.45, 2.75) is 51.5 Å². The molecule has 35 heavy (non-hydrogen) atoms. The fourth-order valence-electron chi connectivity index (χ4n) is 4.78. The highest BCUT2D eigenvalue weighted by Gasteiger charge is 2.31. The van der Waals surface area contributed by atoms with Gasteiger partial charge in [0, 0.05) is 24.9 Å². The number of nitrogens with one attached hydrogen (secondary N) is 2. The number of amides is 2. The molecule has 2 atom stereocenters. The summed E-state index contributed by atoms with van der Waals surface area (Å²) in [5.41, 5.74) is 4.60. The van der Waals surface area contributed by atoms with Crippen LogP contribution < -0.4 is 10.6 Å². The molecule has 0 spiro atoms. The molecular weight excluding hydrogens is 444 g/mol. The molecule has 2 aromatic rings. The standard InChI is InChI=1S/C28H34N2O5/c1-17(2)25(14-26(31)29-15-19(27(32)33)13-18-11-12-18)30-28(34)35-16-24-22-9-5-3-7-20(22)21-8-4-6-10-23(21)24/h3-10,17-19,24-25H,11-16H2,1-2H3,(H,29,31)(H,30,34)(H,32,33)/t19?,25-/m0/s1. The lowest BCUT2D eigenvalue weighted by Crippen LogP contribution is -2.43. The molecule has 2 aliphatic rings. The van der Waals surface area contributed by atoms with Crippen LogP contribution in [0.2, 0.25) is 0 Å². The van der Waals surface area contributed by atoms with Crippen LogP contribution >= 0.6 is 0 Å². The number of benzene rings is 2. The Morgan fingerprint density at radius 3 is 2.14 bits per heavy atom. The molecule has 186 valence electrons. The van der Waals surface area contributed by atoms with E-state index < -0.39 is 24.0 Å². The number of carboxylic acid groups (broad SMARTS) is 1. The van der Waals surface area contributed by atoms with Crippen molar-refractivity contribution in [2.24, 2.45) is 17.8 Å². The second-order valence-corrected chi connectivity index (χ2v) is 10.0. The molecule has 3 N–H and O–H groups in total. The van der Waals surface area contributed by atoms with E-state index in [9.17, 15) is 19.5 Å². The van der Waals surface area contributed by atoms with Crippen LogP contribution in [0.1, 0.15) is 56.6 Å². The smallest absolute Gasteiger partial charge is 0.407 e. The van der Waals surface area contributed by atoms with Crippen molar-refractivity contribution >= 4 is 18.0 Å². The first-order chi connectivity index (χ1) is 16.8. The first kappa shape index (κ1) is 24.8. The van der Waals surface area contributed by atoms with Crippen LogP contribution in [-0.4, -0.2) is 42.3 Å². The Morgan fingerprint density at radius 1 is 1.00 bits per heavy atom. The maximum Gasteiger partial charge on any atom is 0.407 e. The number of alkyl carbamates (subject to hydrolysis) is 1. The Labute approximate surface area is 206 Å². The number of hydrogen-bond donors (Lipinski definition) is 3. The highest BCUT2D eigenvalue weighted by Crippen LogP contribution is 2.44. The Balaban J connectivity index is 1.30. The van der Waals surface area contributed by atoms with Gasteiger partial charge in [-0.15, -0.1) is 0 Å². The van der Waals surface area contributed by atoms with Crippen molar-refractivity contribution in [3.63, 3.8) is 0 Å². The van der Waals surface area contributed by atoms with E-state index in [-0.39, 0.29) is 37.3 Å². The molecule has 0 aliphatic heterocycles. The van der Waals surface area contributed by atoms with Gasteiger partial charge in [-0.25, -0.2) is 4.79 Å².